The fourth-order valence-corrected chi connectivity index (χ4v) is 4.83. The lowest BCUT2D eigenvalue weighted by molar-refractivity contribution is 0.252. The van der Waals surface area contributed by atoms with Crippen LogP contribution in [0.15, 0.2) is 40.2 Å². The Morgan fingerprint density at radius 3 is 3.00 bits per heavy atom. The number of nitriles is 1. The Kier molecular flexibility index (Phi) is 6.02. The van der Waals surface area contributed by atoms with Gasteiger partial charge in [0.05, 0.1) is 16.6 Å². The lowest BCUT2D eigenvalue weighted by atomic mass is 10.0. The number of pyridine rings is 1. The third-order valence-electron chi connectivity index (χ3n) is 5.32. The first-order chi connectivity index (χ1) is 14.2. The summed E-state index contributed by atoms with van der Waals surface area (Å²) in [5.74, 6) is 0.814. The maximum atomic E-state index is 12.2. The molecule has 0 bridgehead atoms. The summed E-state index contributed by atoms with van der Waals surface area (Å²) in [7, 11) is 0. The second kappa shape index (κ2) is 8.85. The monoisotopic (exact) mass is 407 g/mol. The van der Waals surface area contributed by atoms with Crippen molar-refractivity contribution in [3.05, 3.63) is 57.6 Å². The summed E-state index contributed by atoms with van der Waals surface area (Å²) in [4.78, 5) is 22.3. The third-order valence-corrected chi connectivity index (χ3v) is 6.40. The van der Waals surface area contributed by atoms with Crippen LogP contribution in [0.3, 0.4) is 0 Å². The highest BCUT2D eigenvalue weighted by Gasteiger charge is 2.19. The molecular weight excluding hydrogens is 382 g/mol. The SMILES string of the molecule is CCCN1CCc2nc(SCCCn3c(=O)[nH]c4ccccc43)c(C#N)cc2C1. The van der Waals surface area contributed by atoms with Crippen molar-refractivity contribution in [2.45, 2.75) is 44.3 Å². The van der Waals surface area contributed by atoms with Crippen molar-refractivity contribution in [1.29, 1.82) is 5.26 Å². The lowest BCUT2D eigenvalue weighted by Gasteiger charge is -2.28. The van der Waals surface area contributed by atoms with Crippen molar-refractivity contribution in [3.8, 4) is 6.07 Å². The van der Waals surface area contributed by atoms with Crippen LogP contribution in [0.1, 0.15) is 36.6 Å². The fraction of sp³-hybridized carbons (Fsp3) is 0.409. The van der Waals surface area contributed by atoms with Gasteiger partial charge in [0.25, 0.3) is 0 Å². The van der Waals surface area contributed by atoms with Crippen LogP contribution in [0.25, 0.3) is 11.0 Å². The number of rotatable bonds is 7. The number of aromatic nitrogens is 3. The molecule has 0 amide bonds. The van der Waals surface area contributed by atoms with Gasteiger partial charge >= 0.3 is 5.69 Å². The lowest BCUT2D eigenvalue weighted by Crippen LogP contribution is -2.31. The van der Waals surface area contributed by atoms with E-state index in [9.17, 15) is 10.1 Å². The van der Waals surface area contributed by atoms with Crippen LogP contribution < -0.4 is 5.69 Å². The number of nitrogens with one attached hydrogen (secondary N) is 1. The molecule has 0 unspecified atom stereocenters. The van der Waals surface area contributed by atoms with Gasteiger partial charge in [0.15, 0.2) is 0 Å². The van der Waals surface area contributed by atoms with E-state index < -0.39 is 0 Å². The van der Waals surface area contributed by atoms with E-state index in [0.717, 1.165) is 66.4 Å². The molecule has 0 fully saturated rings. The number of hydrogen-bond acceptors (Lipinski definition) is 5. The Bertz CT molecular complexity index is 1110. The first-order valence-corrected chi connectivity index (χ1v) is 11.1. The zero-order valence-corrected chi connectivity index (χ0v) is 17.5. The zero-order valence-electron chi connectivity index (χ0n) is 16.6. The standard InChI is InChI=1S/C22H25N5OS/c1-2-9-26-11-8-18-17(15-26)13-16(14-23)21(24-18)29-12-5-10-27-20-7-4-3-6-19(20)25-22(27)28/h3-4,6-7,13H,2,5,8-12,15H2,1H3,(H,25,28). The van der Waals surface area contributed by atoms with E-state index >= 15 is 0 Å². The minimum Gasteiger partial charge on any atom is -0.306 e. The molecule has 0 radical (unpaired) electrons. The summed E-state index contributed by atoms with van der Waals surface area (Å²) in [5, 5.41) is 10.4. The van der Waals surface area contributed by atoms with Crippen LogP contribution in [-0.2, 0) is 19.5 Å². The average molecular weight is 408 g/mol. The number of aromatic amines is 1. The second-order valence-corrected chi connectivity index (χ2v) is 8.47. The van der Waals surface area contributed by atoms with E-state index in [-0.39, 0.29) is 5.69 Å². The van der Waals surface area contributed by atoms with Gasteiger partial charge in [-0.2, -0.15) is 5.26 Å². The number of thioether (sulfide) groups is 1. The topological polar surface area (TPSA) is 77.7 Å². The zero-order chi connectivity index (χ0) is 20.2. The van der Waals surface area contributed by atoms with E-state index in [1.165, 1.54) is 5.56 Å². The first kappa shape index (κ1) is 19.7. The second-order valence-electron chi connectivity index (χ2n) is 7.39. The van der Waals surface area contributed by atoms with Gasteiger partial charge in [-0.1, -0.05) is 19.1 Å². The Morgan fingerprint density at radius 2 is 2.17 bits per heavy atom. The highest BCUT2D eigenvalue weighted by atomic mass is 32.2. The van der Waals surface area contributed by atoms with E-state index in [1.807, 2.05) is 30.3 Å². The molecule has 1 N–H and O–H groups in total. The molecule has 2 aromatic heterocycles. The summed E-state index contributed by atoms with van der Waals surface area (Å²) in [6, 6.07) is 12.1. The molecule has 0 atom stereocenters. The minimum absolute atomic E-state index is 0.0718. The van der Waals surface area contributed by atoms with Crippen LogP contribution in [-0.4, -0.2) is 38.3 Å². The highest BCUT2D eigenvalue weighted by Crippen LogP contribution is 2.27. The molecule has 29 heavy (non-hydrogen) atoms. The molecule has 1 aromatic carbocycles. The molecule has 0 aliphatic carbocycles. The van der Waals surface area contributed by atoms with Gasteiger partial charge in [-0.25, -0.2) is 9.78 Å². The quantitative estimate of drug-likeness (QED) is 0.479. The summed E-state index contributed by atoms with van der Waals surface area (Å²) in [6.07, 6.45) is 2.92. The molecule has 7 heteroatoms. The third kappa shape index (κ3) is 4.24. The van der Waals surface area contributed by atoms with Gasteiger partial charge in [0.2, 0.25) is 0 Å². The molecular formula is C22H25N5OS. The number of aryl methyl sites for hydroxylation is 1. The first-order valence-electron chi connectivity index (χ1n) is 10.1. The molecule has 6 nitrogen and oxygen atoms in total. The maximum Gasteiger partial charge on any atom is 0.326 e. The molecule has 4 rings (SSSR count). The van der Waals surface area contributed by atoms with Crippen molar-refractivity contribution in [1.82, 2.24) is 19.4 Å². The van der Waals surface area contributed by atoms with Gasteiger partial charge in [-0.15, -0.1) is 11.8 Å². The fourth-order valence-electron chi connectivity index (χ4n) is 3.93. The number of benzene rings is 1. The Labute approximate surface area is 174 Å². The van der Waals surface area contributed by atoms with E-state index in [4.69, 9.17) is 4.98 Å². The molecule has 3 heterocycles. The molecule has 1 aliphatic heterocycles. The highest BCUT2D eigenvalue weighted by molar-refractivity contribution is 7.99. The largest absolute Gasteiger partial charge is 0.326 e. The van der Waals surface area contributed by atoms with Gasteiger partial charge < -0.3 is 4.98 Å². The van der Waals surface area contributed by atoms with Crippen molar-refractivity contribution >= 4 is 22.8 Å². The average Bonchev–Trinajstić information content (AvgIpc) is 3.06. The van der Waals surface area contributed by atoms with E-state index in [2.05, 4.69) is 22.9 Å². The van der Waals surface area contributed by atoms with Crippen molar-refractivity contribution in [2.75, 3.05) is 18.8 Å². The Hall–Kier alpha value is -2.56. The summed E-state index contributed by atoms with van der Waals surface area (Å²) < 4.78 is 1.78. The van der Waals surface area contributed by atoms with Crippen molar-refractivity contribution < 1.29 is 0 Å². The van der Waals surface area contributed by atoms with Crippen LogP contribution in [0, 0.1) is 11.3 Å². The van der Waals surface area contributed by atoms with Gasteiger partial charge in [0, 0.05) is 37.5 Å². The molecule has 0 saturated heterocycles. The van der Waals surface area contributed by atoms with Gasteiger partial charge in [0.1, 0.15) is 11.1 Å². The molecule has 0 spiro atoms. The molecule has 3 aromatic rings. The predicted octanol–water partition coefficient (Wildman–Crippen LogP) is 3.55. The predicted molar refractivity (Wildman–Crippen MR) is 116 cm³/mol. The number of nitrogens with zero attached hydrogens (tertiary/aromatic N) is 4. The van der Waals surface area contributed by atoms with Crippen LogP contribution in [0.4, 0.5) is 0 Å². The summed E-state index contributed by atoms with van der Waals surface area (Å²) in [5.41, 5.74) is 4.71. The van der Waals surface area contributed by atoms with E-state index in [1.54, 1.807) is 16.3 Å². The van der Waals surface area contributed by atoms with Crippen molar-refractivity contribution in [2.24, 2.45) is 0 Å². The van der Waals surface area contributed by atoms with Gasteiger partial charge in [-0.3, -0.25) is 9.47 Å². The van der Waals surface area contributed by atoms with E-state index in [0.29, 0.717) is 12.1 Å². The number of para-hydroxylation sites is 2. The number of fused-ring (bicyclic) bond motifs is 2. The number of imidazole rings is 1. The smallest absolute Gasteiger partial charge is 0.306 e. The van der Waals surface area contributed by atoms with Crippen LogP contribution in [0.2, 0.25) is 0 Å². The summed E-state index contributed by atoms with van der Waals surface area (Å²) in [6.45, 7) is 5.85. The van der Waals surface area contributed by atoms with Crippen LogP contribution in [0.5, 0.6) is 0 Å². The molecule has 0 saturated carbocycles. The molecule has 1 aliphatic rings. The minimum atomic E-state index is -0.0718. The number of hydrogen-bond donors (Lipinski definition) is 1. The Balaban J connectivity index is 1.42. The van der Waals surface area contributed by atoms with Gasteiger partial charge in [-0.05, 0) is 43.1 Å². The Morgan fingerprint density at radius 1 is 1.31 bits per heavy atom. The molecule has 150 valence electrons. The normalized spacial score (nSPS) is 14.1. The van der Waals surface area contributed by atoms with Crippen molar-refractivity contribution in [3.63, 3.8) is 0 Å². The van der Waals surface area contributed by atoms with Crippen LogP contribution >= 0.6 is 11.8 Å². The number of H-pyrrole nitrogens is 1. The summed E-state index contributed by atoms with van der Waals surface area (Å²) >= 11 is 1.62. The maximum absolute atomic E-state index is 12.2.